The van der Waals surface area contributed by atoms with Crippen LogP contribution in [0.25, 0.3) is 10.9 Å². The summed E-state index contributed by atoms with van der Waals surface area (Å²) >= 11 is 0. The predicted octanol–water partition coefficient (Wildman–Crippen LogP) is 2.83. The molecule has 0 aliphatic heterocycles. The molecule has 0 fully saturated rings. The number of hydrogen-bond acceptors (Lipinski definition) is 7. The number of hydrogen-bond donors (Lipinski definition) is 3. The Hall–Kier alpha value is -3.78. The molecule has 1 atom stereocenters. The van der Waals surface area contributed by atoms with Crippen LogP contribution in [0.4, 0.5) is 11.5 Å². The van der Waals surface area contributed by atoms with Crippen molar-refractivity contribution in [1.29, 1.82) is 0 Å². The first-order valence-electron chi connectivity index (χ1n) is 9.43. The summed E-state index contributed by atoms with van der Waals surface area (Å²) in [6.07, 6.45) is 3.62. The number of anilines is 2. The summed E-state index contributed by atoms with van der Waals surface area (Å²) in [6.45, 7) is 1.81. The van der Waals surface area contributed by atoms with Crippen LogP contribution in [0.5, 0.6) is 0 Å². The van der Waals surface area contributed by atoms with Crippen LogP contribution in [0.3, 0.4) is 0 Å². The molecule has 3 rings (SSSR count). The lowest BCUT2D eigenvalue weighted by Gasteiger charge is -2.18. The molecule has 1 heterocycles. The number of nitrogens with zero attached hydrogens (tertiary/aromatic N) is 2. The fourth-order valence-corrected chi connectivity index (χ4v) is 2.85. The van der Waals surface area contributed by atoms with Crippen LogP contribution in [0.1, 0.15) is 18.5 Å². The Kier molecular flexibility index (Phi) is 7.07. The smallest absolute Gasteiger partial charge is 0.330 e. The molecule has 3 aromatic rings. The first kappa shape index (κ1) is 20.9. The van der Waals surface area contributed by atoms with Gasteiger partial charge >= 0.3 is 5.97 Å². The summed E-state index contributed by atoms with van der Waals surface area (Å²) < 4.78 is 4.75. The fourth-order valence-electron chi connectivity index (χ4n) is 2.85. The van der Waals surface area contributed by atoms with Gasteiger partial charge in [-0.05, 0) is 30.7 Å². The molecule has 2 aromatic carbocycles. The minimum atomic E-state index is -0.581. The summed E-state index contributed by atoms with van der Waals surface area (Å²) in [5.41, 5.74) is 2.11. The minimum absolute atomic E-state index is 0.120. The second-order valence-corrected chi connectivity index (χ2v) is 6.32. The molecule has 0 spiro atoms. The number of carbonyl (C=O) groups excluding carboxylic acids is 2. The number of ether oxygens (including phenoxy) is 1. The second-order valence-electron chi connectivity index (χ2n) is 6.32. The average Bonchev–Trinajstić information content (AvgIpc) is 2.77. The van der Waals surface area contributed by atoms with E-state index in [9.17, 15) is 14.7 Å². The van der Waals surface area contributed by atoms with Gasteiger partial charge in [0.05, 0.1) is 24.8 Å². The van der Waals surface area contributed by atoms with Crippen molar-refractivity contribution in [2.24, 2.45) is 0 Å². The van der Waals surface area contributed by atoms with Gasteiger partial charge in [-0.2, -0.15) is 0 Å². The number of carbonyl (C=O) groups is 2. The molecule has 8 heteroatoms. The molecule has 0 saturated heterocycles. The van der Waals surface area contributed by atoms with Gasteiger partial charge in [0, 0.05) is 23.2 Å². The van der Waals surface area contributed by atoms with Crippen molar-refractivity contribution in [3.8, 4) is 0 Å². The van der Waals surface area contributed by atoms with Crippen molar-refractivity contribution in [2.45, 2.75) is 13.0 Å². The Morgan fingerprint density at radius 2 is 1.93 bits per heavy atom. The summed E-state index contributed by atoms with van der Waals surface area (Å²) in [4.78, 5) is 31.9. The van der Waals surface area contributed by atoms with Crippen LogP contribution in [0, 0.1) is 0 Å². The van der Waals surface area contributed by atoms with Gasteiger partial charge in [-0.15, -0.1) is 0 Å². The van der Waals surface area contributed by atoms with Gasteiger partial charge < -0.3 is 20.5 Å². The number of esters is 1. The maximum absolute atomic E-state index is 12.1. The summed E-state index contributed by atoms with van der Waals surface area (Å²) in [5, 5.41) is 16.4. The van der Waals surface area contributed by atoms with Crippen LogP contribution in [0.2, 0.25) is 0 Å². The maximum Gasteiger partial charge on any atom is 0.330 e. The zero-order valence-corrected chi connectivity index (χ0v) is 16.4. The normalized spacial score (nSPS) is 11.9. The van der Waals surface area contributed by atoms with Gasteiger partial charge in [0.1, 0.15) is 12.1 Å². The van der Waals surface area contributed by atoms with Crippen molar-refractivity contribution in [3.63, 3.8) is 0 Å². The van der Waals surface area contributed by atoms with Gasteiger partial charge in [0.2, 0.25) is 5.91 Å². The van der Waals surface area contributed by atoms with Crippen molar-refractivity contribution >= 4 is 34.3 Å². The third-order valence-electron chi connectivity index (χ3n) is 4.26. The zero-order valence-electron chi connectivity index (χ0n) is 16.4. The lowest BCUT2D eigenvalue weighted by molar-refractivity contribution is -0.137. The Balaban J connectivity index is 1.81. The van der Waals surface area contributed by atoms with Crippen LogP contribution >= 0.6 is 0 Å². The van der Waals surface area contributed by atoms with Gasteiger partial charge in [-0.25, -0.2) is 14.8 Å². The summed E-state index contributed by atoms with van der Waals surface area (Å²) in [5.74, 6) is -0.519. The van der Waals surface area contributed by atoms with Crippen LogP contribution in [-0.2, 0) is 14.3 Å². The number of benzene rings is 2. The molecule has 0 bridgehead atoms. The SMILES string of the molecule is CCOC(=O)C=CC(=O)Nc1ccc2ncnc(NC(CO)c3ccccc3)c2c1. The third kappa shape index (κ3) is 5.39. The second kappa shape index (κ2) is 10.1. The Bertz CT molecular complexity index is 1050. The molecule has 1 unspecified atom stereocenters. The molecule has 3 N–H and O–H groups in total. The number of nitrogens with one attached hydrogen (secondary N) is 2. The molecular weight excluding hydrogens is 384 g/mol. The first-order valence-corrected chi connectivity index (χ1v) is 9.43. The van der Waals surface area contributed by atoms with E-state index in [2.05, 4.69) is 20.6 Å². The lowest BCUT2D eigenvalue weighted by atomic mass is 10.1. The van der Waals surface area contributed by atoms with E-state index in [1.807, 2.05) is 30.3 Å². The van der Waals surface area contributed by atoms with Gasteiger partial charge in [-0.3, -0.25) is 4.79 Å². The summed E-state index contributed by atoms with van der Waals surface area (Å²) in [7, 11) is 0. The van der Waals surface area contributed by atoms with E-state index in [4.69, 9.17) is 4.74 Å². The molecule has 0 aliphatic rings. The standard InChI is InChI=1S/C22H22N4O4/c1-2-30-21(29)11-10-20(28)25-16-8-9-18-17(12-16)22(24-14-23-18)26-19(13-27)15-6-4-3-5-7-15/h3-12,14,19,27H,2,13H2,1H3,(H,25,28)(H,23,24,26). The highest BCUT2D eigenvalue weighted by Gasteiger charge is 2.13. The molecule has 0 aliphatic carbocycles. The summed E-state index contributed by atoms with van der Waals surface area (Å²) in [6, 6.07) is 14.4. The lowest BCUT2D eigenvalue weighted by Crippen LogP contribution is -2.16. The zero-order chi connectivity index (χ0) is 21.3. The molecule has 1 aromatic heterocycles. The van der Waals surface area contributed by atoms with E-state index in [0.717, 1.165) is 17.7 Å². The van der Waals surface area contributed by atoms with Gasteiger partial charge in [0.25, 0.3) is 0 Å². The predicted molar refractivity (Wildman–Crippen MR) is 114 cm³/mol. The average molecular weight is 406 g/mol. The molecule has 1 amide bonds. The third-order valence-corrected chi connectivity index (χ3v) is 4.26. The number of fused-ring (bicyclic) bond motifs is 1. The topological polar surface area (TPSA) is 113 Å². The molecular formula is C22H22N4O4. The van der Waals surface area contributed by atoms with Crippen molar-refractivity contribution < 1.29 is 19.4 Å². The monoisotopic (exact) mass is 406 g/mol. The number of amides is 1. The van der Waals surface area contributed by atoms with E-state index in [1.165, 1.54) is 6.33 Å². The highest BCUT2D eigenvalue weighted by atomic mass is 16.5. The molecule has 30 heavy (non-hydrogen) atoms. The number of aliphatic hydroxyl groups is 1. The Labute approximate surface area is 173 Å². The van der Waals surface area contributed by atoms with Crippen molar-refractivity contribution in [3.05, 3.63) is 72.6 Å². The molecule has 0 radical (unpaired) electrons. The number of rotatable bonds is 8. The number of aliphatic hydroxyl groups excluding tert-OH is 1. The Morgan fingerprint density at radius 3 is 2.67 bits per heavy atom. The molecule has 0 saturated carbocycles. The van der Waals surface area contributed by atoms with E-state index < -0.39 is 11.9 Å². The fraction of sp³-hybridized carbons (Fsp3) is 0.182. The first-order chi connectivity index (χ1) is 14.6. The van der Waals surface area contributed by atoms with Crippen LogP contribution in [0.15, 0.2) is 67.0 Å². The van der Waals surface area contributed by atoms with Gasteiger partial charge in [0.15, 0.2) is 0 Å². The quantitative estimate of drug-likeness (QED) is 0.389. The van der Waals surface area contributed by atoms with Crippen LogP contribution < -0.4 is 10.6 Å². The largest absolute Gasteiger partial charge is 0.463 e. The van der Waals surface area contributed by atoms with Gasteiger partial charge in [-0.1, -0.05) is 30.3 Å². The maximum atomic E-state index is 12.1. The van der Waals surface area contributed by atoms with E-state index >= 15 is 0 Å². The van der Waals surface area contributed by atoms with E-state index in [0.29, 0.717) is 22.4 Å². The van der Waals surface area contributed by atoms with Crippen LogP contribution in [-0.4, -0.2) is 40.2 Å². The number of aromatic nitrogens is 2. The minimum Gasteiger partial charge on any atom is -0.463 e. The van der Waals surface area contributed by atoms with Crippen molar-refractivity contribution in [2.75, 3.05) is 23.8 Å². The van der Waals surface area contributed by atoms with E-state index in [-0.39, 0.29) is 19.3 Å². The van der Waals surface area contributed by atoms with E-state index in [1.54, 1.807) is 25.1 Å². The van der Waals surface area contributed by atoms with Crippen molar-refractivity contribution in [1.82, 2.24) is 9.97 Å². The Morgan fingerprint density at radius 1 is 1.13 bits per heavy atom. The molecule has 8 nitrogen and oxygen atoms in total. The highest BCUT2D eigenvalue weighted by molar-refractivity contribution is 6.04. The highest BCUT2D eigenvalue weighted by Crippen LogP contribution is 2.26. The molecule has 154 valence electrons.